The third-order valence-corrected chi connectivity index (χ3v) is 10.4. The minimum absolute atomic E-state index is 0.0511. The van der Waals surface area contributed by atoms with E-state index in [1.54, 1.807) is 0 Å². The Kier molecular flexibility index (Phi) is 21.4. The predicted molar refractivity (Wildman–Crippen MR) is 298 cm³/mol. The monoisotopic (exact) mass is 902 g/mol. The molecule has 7 nitrogen and oxygen atoms in total. The molecule has 0 aliphatic heterocycles. The van der Waals surface area contributed by atoms with Gasteiger partial charge in [0.1, 0.15) is 11.7 Å². The Hall–Kier alpha value is -7.87. The van der Waals surface area contributed by atoms with Gasteiger partial charge >= 0.3 is 0 Å². The summed E-state index contributed by atoms with van der Waals surface area (Å²) in [6.45, 7) is 18.8. The summed E-state index contributed by atoms with van der Waals surface area (Å²) in [5, 5.41) is 14.9. The second-order valence-corrected chi connectivity index (χ2v) is 15.1. The van der Waals surface area contributed by atoms with E-state index < -0.39 is 0 Å². The Morgan fingerprint density at radius 1 is 0.456 bits per heavy atom. The van der Waals surface area contributed by atoms with Crippen molar-refractivity contribution in [1.29, 1.82) is 5.41 Å². The van der Waals surface area contributed by atoms with Crippen molar-refractivity contribution in [2.45, 2.75) is 68.9 Å². The summed E-state index contributed by atoms with van der Waals surface area (Å²) in [5.74, 6) is 0.693. The van der Waals surface area contributed by atoms with E-state index in [4.69, 9.17) is 22.6 Å². The molecule has 10 rings (SSSR count). The molecule has 0 aliphatic carbocycles. The van der Waals surface area contributed by atoms with Crippen molar-refractivity contribution in [3.63, 3.8) is 0 Å². The maximum absolute atomic E-state index is 8.07. The Morgan fingerprint density at radius 2 is 0.912 bits per heavy atom. The number of anilines is 3. The first-order chi connectivity index (χ1) is 33.2. The van der Waals surface area contributed by atoms with Gasteiger partial charge in [-0.1, -0.05) is 198 Å². The van der Waals surface area contributed by atoms with Gasteiger partial charge in [0.15, 0.2) is 0 Å². The number of hydrogen-bond donors (Lipinski definition) is 5. The average Bonchev–Trinajstić information content (AvgIpc) is 3.86. The molecule has 0 radical (unpaired) electrons. The molecule has 0 spiro atoms. The quantitative estimate of drug-likeness (QED) is 0.0842. The largest absolute Gasteiger partial charge is 0.384 e. The van der Waals surface area contributed by atoms with Gasteiger partial charge in [-0.05, 0) is 92.6 Å². The number of hydrogen-bond acceptors (Lipinski definition) is 4. The van der Waals surface area contributed by atoms with E-state index in [1.807, 2.05) is 176 Å². The zero-order chi connectivity index (χ0) is 49.4. The number of nitrogen functional groups attached to an aromatic ring is 2. The number of para-hydroxylation sites is 3. The number of nitrogens with zero attached hydrogens (tertiary/aromatic N) is 2. The van der Waals surface area contributed by atoms with Crippen LogP contribution in [0.1, 0.15) is 69.4 Å². The minimum atomic E-state index is 0.0511. The molecule has 0 bridgehead atoms. The fraction of sp³-hybridized carbons (Fsp3) is 0.164. The molecule has 2 aromatic heterocycles. The molecule has 0 unspecified atom stereocenters. The molecule has 10 aromatic rings. The standard InChI is InChI=1S/C34H28N6.C7H9N.2C7H8.3C2H6/c1-21-16-22(33(35)36)18-25(17-21)39-29-15-9-8-14-26(29)27-19-31-28(20-30(27)39)32(38-23-10-4-2-5-11-23)34(37)40(31)24-12-6-3-7-13-24;8-6-7-4-2-1-3-5-7;2*1-7-5-3-2-4-6-7;3*1-2/h2-20,38H,37H2,1H3,(H3,35,36);1-5H,6,8H2;2*2-6H,1H3;3*1-2H3. The molecular formula is C61H71N7. The van der Waals surface area contributed by atoms with Crippen LogP contribution < -0.4 is 22.5 Å². The van der Waals surface area contributed by atoms with Crippen LogP contribution in [0.5, 0.6) is 0 Å². The van der Waals surface area contributed by atoms with Gasteiger partial charge in [-0.25, -0.2) is 0 Å². The first-order valence-corrected chi connectivity index (χ1v) is 23.7. The van der Waals surface area contributed by atoms with E-state index >= 15 is 0 Å². The van der Waals surface area contributed by atoms with Gasteiger partial charge in [-0.15, -0.1) is 0 Å². The Labute approximate surface area is 405 Å². The normalized spacial score (nSPS) is 9.85. The summed E-state index contributed by atoms with van der Waals surface area (Å²) in [5.41, 5.74) is 30.7. The van der Waals surface area contributed by atoms with E-state index in [2.05, 4.69) is 107 Å². The maximum Gasteiger partial charge on any atom is 0.133 e. The molecule has 8 N–H and O–H groups in total. The van der Waals surface area contributed by atoms with Gasteiger partial charge in [0.25, 0.3) is 0 Å². The molecule has 0 fully saturated rings. The zero-order valence-electron chi connectivity index (χ0n) is 41.5. The lowest BCUT2D eigenvalue weighted by molar-refractivity contribution is 1.07. The van der Waals surface area contributed by atoms with Crippen LogP contribution in [0.25, 0.3) is 44.1 Å². The van der Waals surface area contributed by atoms with E-state index in [0.29, 0.717) is 17.9 Å². The van der Waals surface area contributed by atoms with Gasteiger partial charge < -0.3 is 27.1 Å². The highest BCUT2D eigenvalue weighted by molar-refractivity contribution is 6.17. The number of fused-ring (bicyclic) bond motifs is 4. The number of nitrogens with one attached hydrogen (secondary N) is 2. The first-order valence-electron chi connectivity index (χ1n) is 23.7. The third kappa shape index (κ3) is 13.8. The Morgan fingerprint density at radius 3 is 1.40 bits per heavy atom. The van der Waals surface area contributed by atoms with Gasteiger partial charge in [-0.3, -0.25) is 9.98 Å². The molecule has 0 saturated heterocycles. The summed E-state index contributed by atoms with van der Waals surface area (Å²) in [6, 6.07) is 69.8. The highest BCUT2D eigenvalue weighted by Crippen LogP contribution is 2.42. The van der Waals surface area contributed by atoms with Crippen LogP contribution in [0.15, 0.2) is 206 Å². The van der Waals surface area contributed by atoms with Crippen molar-refractivity contribution in [3.05, 3.63) is 234 Å². The smallest absolute Gasteiger partial charge is 0.133 e. The topological polar surface area (TPSA) is 124 Å². The minimum Gasteiger partial charge on any atom is -0.384 e. The fourth-order valence-corrected chi connectivity index (χ4v) is 7.43. The van der Waals surface area contributed by atoms with Crippen LogP contribution in [0, 0.1) is 26.2 Å². The van der Waals surface area contributed by atoms with Crippen LogP contribution in [0.2, 0.25) is 0 Å². The predicted octanol–water partition coefficient (Wildman–Crippen LogP) is 15.9. The van der Waals surface area contributed by atoms with E-state index in [9.17, 15) is 0 Å². The van der Waals surface area contributed by atoms with Crippen LogP contribution >= 0.6 is 0 Å². The number of benzene rings is 8. The molecule has 2 heterocycles. The van der Waals surface area contributed by atoms with E-state index in [-0.39, 0.29) is 5.84 Å². The molecule has 7 heteroatoms. The highest BCUT2D eigenvalue weighted by Gasteiger charge is 2.21. The second-order valence-electron chi connectivity index (χ2n) is 15.1. The molecule has 0 saturated carbocycles. The van der Waals surface area contributed by atoms with Crippen molar-refractivity contribution in [3.8, 4) is 11.4 Å². The van der Waals surface area contributed by atoms with Crippen molar-refractivity contribution in [2.75, 3.05) is 11.1 Å². The van der Waals surface area contributed by atoms with E-state index in [0.717, 1.165) is 61.0 Å². The average molecular weight is 902 g/mol. The number of nitrogens with two attached hydrogens (primary N) is 3. The number of aryl methyl sites for hydroxylation is 3. The van der Waals surface area contributed by atoms with Crippen LogP contribution in [-0.2, 0) is 6.54 Å². The molecular weight excluding hydrogens is 831 g/mol. The van der Waals surface area contributed by atoms with Gasteiger partial charge in [-0.2, -0.15) is 0 Å². The van der Waals surface area contributed by atoms with Crippen LogP contribution in [-0.4, -0.2) is 15.0 Å². The number of amidine groups is 1. The third-order valence-electron chi connectivity index (χ3n) is 10.4. The second kappa shape index (κ2) is 27.6. The van der Waals surface area contributed by atoms with Crippen molar-refractivity contribution < 1.29 is 0 Å². The fourth-order valence-electron chi connectivity index (χ4n) is 7.43. The highest BCUT2D eigenvalue weighted by atomic mass is 15.1. The molecule has 8 aromatic carbocycles. The molecule has 0 aliphatic rings. The zero-order valence-corrected chi connectivity index (χ0v) is 41.5. The summed E-state index contributed by atoms with van der Waals surface area (Å²) >= 11 is 0. The van der Waals surface area contributed by atoms with Crippen molar-refractivity contribution >= 4 is 55.7 Å². The number of aromatic nitrogens is 2. The molecule has 68 heavy (non-hydrogen) atoms. The SMILES string of the molecule is CC.CC.CC.Cc1cc(C(=N)N)cc(-n2c3ccccc3c3cc4c(cc32)c(Nc2ccccc2)c(N)n4-c2ccccc2)c1.Cc1ccccc1.Cc1ccccc1.NCc1ccccc1. The maximum atomic E-state index is 8.07. The molecule has 350 valence electrons. The summed E-state index contributed by atoms with van der Waals surface area (Å²) in [7, 11) is 0. The van der Waals surface area contributed by atoms with Gasteiger partial charge in [0, 0.05) is 45.3 Å². The van der Waals surface area contributed by atoms with Crippen LogP contribution in [0.3, 0.4) is 0 Å². The number of rotatable bonds is 6. The first kappa shape index (κ1) is 52.8. The van der Waals surface area contributed by atoms with E-state index in [1.165, 1.54) is 16.7 Å². The van der Waals surface area contributed by atoms with Crippen molar-refractivity contribution in [1.82, 2.24) is 9.13 Å². The molecule has 0 atom stereocenters. The van der Waals surface area contributed by atoms with Gasteiger partial charge in [0.05, 0.1) is 22.2 Å². The lowest BCUT2D eigenvalue weighted by Crippen LogP contribution is -2.12. The lowest BCUT2D eigenvalue weighted by atomic mass is 10.1. The Bertz CT molecular complexity index is 2970. The summed E-state index contributed by atoms with van der Waals surface area (Å²) in [6.07, 6.45) is 0. The van der Waals surface area contributed by atoms with Crippen molar-refractivity contribution in [2.24, 2.45) is 11.5 Å². The summed E-state index contributed by atoms with van der Waals surface area (Å²) in [4.78, 5) is 0. The lowest BCUT2D eigenvalue weighted by Gasteiger charge is -2.12. The van der Waals surface area contributed by atoms with Gasteiger partial charge in [0.2, 0.25) is 0 Å². The Balaban J connectivity index is 0.000000291. The summed E-state index contributed by atoms with van der Waals surface area (Å²) < 4.78 is 4.37. The molecule has 0 amide bonds. The van der Waals surface area contributed by atoms with Crippen LogP contribution in [0.4, 0.5) is 17.2 Å².